The minimum Gasteiger partial charge on any atom is -0.454 e. The lowest BCUT2D eigenvalue weighted by Crippen LogP contribution is -2.41. The zero-order valence-electron chi connectivity index (χ0n) is 20.1. The van der Waals surface area contributed by atoms with E-state index in [0.29, 0.717) is 30.0 Å². The number of aryl methyl sites for hydroxylation is 1. The van der Waals surface area contributed by atoms with Crippen LogP contribution in [0.3, 0.4) is 0 Å². The summed E-state index contributed by atoms with van der Waals surface area (Å²) in [6.07, 6.45) is 5.77. The first-order valence-corrected chi connectivity index (χ1v) is 11.5. The van der Waals surface area contributed by atoms with Crippen LogP contribution in [-0.2, 0) is 16.6 Å². The van der Waals surface area contributed by atoms with Gasteiger partial charge in [-0.1, -0.05) is 0 Å². The molecule has 2 amide bonds. The molecular weight excluding hydrogens is 480 g/mol. The Morgan fingerprint density at radius 3 is 2.49 bits per heavy atom. The van der Waals surface area contributed by atoms with Crippen LogP contribution in [0.25, 0.3) is 11.3 Å². The number of pyridine rings is 1. The molecule has 0 radical (unpaired) electrons. The van der Waals surface area contributed by atoms with Crippen LogP contribution in [0.4, 0.5) is 20.2 Å². The van der Waals surface area contributed by atoms with Crippen molar-refractivity contribution < 1.29 is 23.1 Å². The molecule has 0 saturated heterocycles. The van der Waals surface area contributed by atoms with Gasteiger partial charge in [0.15, 0.2) is 11.6 Å². The van der Waals surface area contributed by atoms with Gasteiger partial charge in [0.1, 0.15) is 17.0 Å². The van der Waals surface area contributed by atoms with Gasteiger partial charge in [-0.15, -0.1) is 0 Å². The predicted octanol–water partition coefficient (Wildman–Crippen LogP) is 4.93. The van der Waals surface area contributed by atoms with Crippen molar-refractivity contribution in [3.05, 3.63) is 84.8 Å². The molecule has 5 rings (SSSR count). The van der Waals surface area contributed by atoms with Gasteiger partial charge in [-0.3, -0.25) is 19.3 Å². The van der Waals surface area contributed by atoms with Crippen molar-refractivity contribution in [2.75, 3.05) is 17.3 Å². The van der Waals surface area contributed by atoms with E-state index in [1.165, 1.54) is 48.3 Å². The molecular formula is C27H23F2N5O3. The topological polar surface area (TPSA) is 89.3 Å². The molecule has 2 heterocycles. The fourth-order valence-corrected chi connectivity index (χ4v) is 3.98. The maximum absolute atomic E-state index is 15.0. The van der Waals surface area contributed by atoms with Crippen LogP contribution < -0.4 is 15.0 Å². The second-order valence-electron chi connectivity index (χ2n) is 8.90. The van der Waals surface area contributed by atoms with Gasteiger partial charge < -0.3 is 15.0 Å². The summed E-state index contributed by atoms with van der Waals surface area (Å²) < 4.78 is 35.5. The minimum absolute atomic E-state index is 0.0249. The van der Waals surface area contributed by atoms with E-state index in [1.807, 2.05) is 0 Å². The van der Waals surface area contributed by atoms with Crippen molar-refractivity contribution in [1.82, 2.24) is 14.8 Å². The van der Waals surface area contributed by atoms with Crippen molar-refractivity contribution in [3.63, 3.8) is 0 Å². The standard InChI is InChI=1S/C27H23F2N5O3/c1-33-16-17(15-31-33)23-14-21(9-12-30-23)37-24-8-7-20(13-22(24)29)34(2)26(36)27(10-11-27)25(35)32-19-5-3-18(28)4-6-19/h3-9,12-16H,10-11H2,1-2H3,(H,32,35). The van der Waals surface area contributed by atoms with Gasteiger partial charge in [0.2, 0.25) is 11.8 Å². The number of nitrogens with one attached hydrogen (secondary N) is 1. The zero-order chi connectivity index (χ0) is 26.2. The van der Waals surface area contributed by atoms with Crippen molar-refractivity contribution in [1.29, 1.82) is 0 Å². The lowest BCUT2D eigenvalue weighted by molar-refractivity contribution is -0.132. The molecule has 0 unspecified atom stereocenters. The molecule has 8 nitrogen and oxygen atoms in total. The molecule has 0 atom stereocenters. The lowest BCUT2D eigenvalue weighted by Gasteiger charge is -2.23. The number of aromatic nitrogens is 3. The molecule has 1 aliphatic carbocycles. The van der Waals surface area contributed by atoms with Crippen LogP contribution in [0.5, 0.6) is 11.5 Å². The smallest absolute Gasteiger partial charge is 0.242 e. The van der Waals surface area contributed by atoms with Gasteiger partial charge >= 0.3 is 0 Å². The van der Waals surface area contributed by atoms with Gasteiger partial charge in [0, 0.05) is 55.6 Å². The number of rotatable bonds is 7. The first kappa shape index (κ1) is 24.1. The molecule has 2 aromatic heterocycles. The lowest BCUT2D eigenvalue weighted by atomic mass is 10.0. The van der Waals surface area contributed by atoms with E-state index in [9.17, 15) is 18.4 Å². The second-order valence-corrected chi connectivity index (χ2v) is 8.90. The molecule has 1 N–H and O–H groups in total. The summed E-state index contributed by atoms with van der Waals surface area (Å²) >= 11 is 0. The first-order chi connectivity index (χ1) is 17.7. The Morgan fingerprint density at radius 2 is 1.84 bits per heavy atom. The summed E-state index contributed by atoms with van der Waals surface area (Å²) in [4.78, 5) is 31.6. The molecule has 0 spiro atoms. The number of carbonyl (C=O) groups excluding carboxylic acids is 2. The summed E-state index contributed by atoms with van der Waals surface area (Å²) in [6.45, 7) is 0. The minimum atomic E-state index is -1.24. The Labute approximate surface area is 211 Å². The molecule has 37 heavy (non-hydrogen) atoms. The third kappa shape index (κ3) is 4.90. The molecule has 2 aromatic carbocycles. The highest BCUT2D eigenvalue weighted by Crippen LogP contribution is 2.48. The number of nitrogens with zero attached hydrogens (tertiary/aromatic N) is 4. The molecule has 4 aromatic rings. The van der Waals surface area contributed by atoms with Gasteiger partial charge in [0.05, 0.1) is 11.9 Å². The summed E-state index contributed by atoms with van der Waals surface area (Å²) in [7, 11) is 3.29. The number of amides is 2. The highest BCUT2D eigenvalue weighted by Gasteiger charge is 2.57. The van der Waals surface area contributed by atoms with E-state index in [2.05, 4.69) is 15.4 Å². The zero-order valence-corrected chi connectivity index (χ0v) is 20.1. The first-order valence-electron chi connectivity index (χ1n) is 11.5. The predicted molar refractivity (Wildman–Crippen MR) is 133 cm³/mol. The van der Waals surface area contributed by atoms with Crippen LogP contribution >= 0.6 is 0 Å². The average Bonchev–Trinajstić information content (AvgIpc) is 3.60. The fourth-order valence-electron chi connectivity index (χ4n) is 3.98. The van der Waals surface area contributed by atoms with Gasteiger partial charge in [-0.05, 0) is 55.3 Å². The van der Waals surface area contributed by atoms with E-state index >= 15 is 0 Å². The number of hydrogen-bond acceptors (Lipinski definition) is 5. The number of benzene rings is 2. The van der Waals surface area contributed by atoms with E-state index in [-0.39, 0.29) is 11.4 Å². The summed E-state index contributed by atoms with van der Waals surface area (Å²) in [5, 5.41) is 6.79. The molecule has 0 bridgehead atoms. The van der Waals surface area contributed by atoms with Crippen LogP contribution in [0.2, 0.25) is 0 Å². The third-order valence-corrected chi connectivity index (χ3v) is 6.26. The molecule has 188 valence electrons. The second kappa shape index (κ2) is 9.45. The van der Waals surface area contributed by atoms with Gasteiger partial charge in [0.25, 0.3) is 0 Å². The summed E-state index contributed by atoms with van der Waals surface area (Å²) in [5.41, 5.74) is 0.849. The van der Waals surface area contributed by atoms with E-state index in [1.54, 1.807) is 48.5 Å². The highest BCUT2D eigenvalue weighted by atomic mass is 19.1. The SMILES string of the molecule is CN(C(=O)C1(C(=O)Nc2ccc(F)cc2)CC1)c1ccc(Oc2ccnc(-c3cnn(C)c3)c2)c(F)c1. The average molecular weight is 504 g/mol. The number of anilines is 2. The van der Waals surface area contributed by atoms with Gasteiger partial charge in [-0.25, -0.2) is 8.78 Å². The van der Waals surface area contributed by atoms with Crippen molar-refractivity contribution >= 4 is 23.2 Å². The Hall–Kier alpha value is -4.60. The van der Waals surface area contributed by atoms with Crippen molar-refractivity contribution in [2.24, 2.45) is 12.5 Å². The number of ether oxygens (including phenoxy) is 1. The maximum atomic E-state index is 15.0. The number of carbonyl (C=O) groups is 2. The van der Waals surface area contributed by atoms with Crippen LogP contribution in [-0.4, -0.2) is 33.6 Å². The molecule has 1 saturated carbocycles. The molecule has 0 aliphatic heterocycles. The molecule has 1 fully saturated rings. The number of hydrogen-bond donors (Lipinski definition) is 1. The molecule has 1 aliphatic rings. The summed E-state index contributed by atoms with van der Waals surface area (Å²) in [6, 6.07) is 12.7. The highest BCUT2D eigenvalue weighted by molar-refractivity contribution is 6.17. The van der Waals surface area contributed by atoms with E-state index in [0.717, 1.165) is 5.56 Å². The van der Waals surface area contributed by atoms with Crippen LogP contribution in [0.1, 0.15) is 12.8 Å². The van der Waals surface area contributed by atoms with E-state index in [4.69, 9.17) is 4.74 Å². The maximum Gasteiger partial charge on any atom is 0.242 e. The Balaban J connectivity index is 1.29. The number of halogens is 2. The monoisotopic (exact) mass is 503 g/mol. The van der Waals surface area contributed by atoms with Crippen LogP contribution in [0.15, 0.2) is 73.2 Å². The largest absolute Gasteiger partial charge is 0.454 e. The van der Waals surface area contributed by atoms with Crippen LogP contribution in [0, 0.1) is 17.0 Å². The Morgan fingerprint density at radius 1 is 1.08 bits per heavy atom. The van der Waals surface area contributed by atoms with Gasteiger partial charge in [-0.2, -0.15) is 5.10 Å². The summed E-state index contributed by atoms with van der Waals surface area (Å²) in [5.74, 6) is -1.66. The Bertz CT molecular complexity index is 1480. The Kier molecular flexibility index (Phi) is 6.16. The normalized spacial score (nSPS) is 13.6. The fraction of sp³-hybridized carbons (Fsp3) is 0.185. The quantitative estimate of drug-likeness (QED) is 0.361. The van der Waals surface area contributed by atoms with Crippen molar-refractivity contribution in [2.45, 2.75) is 12.8 Å². The molecule has 10 heteroatoms. The van der Waals surface area contributed by atoms with E-state index < -0.39 is 28.9 Å². The van der Waals surface area contributed by atoms with Crippen molar-refractivity contribution in [3.8, 4) is 22.8 Å². The third-order valence-electron chi connectivity index (χ3n) is 6.26.